The minimum absolute atomic E-state index is 0.00373. The summed E-state index contributed by atoms with van der Waals surface area (Å²) in [5, 5.41) is 1.91. The van der Waals surface area contributed by atoms with Gasteiger partial charge in [0.2, 0.25) is 0 Å². The van der Waals surface area contributed by atoms with Gasteiger partial charge in [-0.25, -0.2) is 21.5 Å². The first-order valence-electron chi connectivity index (χ1n) is 8.12. The molecule has 7 nitrogen and oxygen atoms in total. The average Bonchev–Trinajstić information content (AvgIpc) is 2.59. The van der Waals surface area contributed by atoms with Crippen LogP contribution < -0.4 is 21.4 Å². The number of urea groups is 1. The van der Waals surface area contributed by atoms with Crippen LogP contribution in [-0.4, -0.2) is 23.9 Å². The lowest BCUT2D eigenvalue weighted by molar-refractivity contribution is 0.101. The third kappa shape index (κ3) is 4.19. The molecule has 0 aliphatic heterocycles. The standard InChI is InChI=1S/C19H24N4O3/c1-12-6-5-7-17(23(21)19(25)22(4)20)16(12)11-26-18-9-8-15(14(3)24)10-13(18)2/h5-10H,11,20-21H2,1-4H3. The molecule has 0 fully saturated rings. The van der Waals surface area contributed by atoms with Crippen molar-refractivity contribution in [2.45, 2.75) is 27.4 Å². The van der Waals surface area contributed by atoms with E-state index in [0.717, 1.165) is 26.7 Å². The number of aryl methyl sites for hydroxylation is 2. The molecule has 0 aliphatic carbocycles. The number of ether oxygens (including phenoxy) is 1. The molecule has 4 N–H and O–H groups in total. The van der Waals surface area contributed by atoms with Gasteiger partial charge in [0.25, 0.3) is 0 Å². The Morgan fingerprint density at radius 2 is 1.77 bits per heavy atom. The molecule has 7 heteroatoms. The van der Waals surface area contributed by atoms with Gasteiger partial charge in [-0.1, -0.05) is 12.1 Å². The van der Waals surface area contributed by atoms with Crippen LogP contribution in [0, 0.1) is 13.8 Å². The summed E-state index contributed by atoms with van der Waals surface area (Å²) in [6, 6.07) is 10.2. The van der Waals surface area contributed by atoms with Gasteiger partial charge in [0.05, 0.1) is 5.69 Å². The minimum Gasteiger partial charge on any atom is -0.489 e. The van der Waals surface area contributed by atoms with Crippen molar-refractivity contribution in [2.24, 2.45) is 11.7 Å². The number of amides is 2. The Morgan fingerprint density at radius 3 is 2.35 bits per heavy atom. The molecule has 2 rings (SSSR count). The predicted molar refractivity (Wildman–Crippen MR) is 101 cm³/mol. The van der Waals surface area contributed by atoms with Crippen LogP contribution in [-0.2, 0) is 6.61 Å². The molecule has 0 saturated heterocycles. The van der Waals surface area contributed by atoms with Crippen molar-refractivity contribution in [3.05, 3.63) is 58.7 Å². The molecule has 0 bridgehead atoms. The van der Waals surface area contributed by atoms with Gasteiger partial charge in [-0.05, 0) is 56.2 Å². The summed E-state index contributed by atoms with van der Waals surface area (Å²) in [4.78, 5) is 23.5. The molecule has 0 atom stereocenters. The number of Topliss-reactive ketones (excluding diaryl/α,β-unsaturated/α-hetero) is 1. The van der Waals surface area contributed by atoms with Gasteiger partial charge in [0.1, 0.15) is 12.4 Å². The molecule has 2 aromatic carbocycles. The predicted octanol–water partition coefficient (Wildman–Crippen LogP) is 2.69. The van der Waals surface area contributed by atoms with E-state index in [2.05, 4.69) is 0 Å². The Morgan fingerprint density at radius 1 is 1.08 bits per heavy atom. The average molecular weight is 356 g/mol. The largest absolute Gasteiger partial charge is 0.489 e. The molecule has 0 saturated carbocycles. The molecule has 0 spiro atoms. The third-order valence-electron chi connectivity index (χ3n) is 4.11. The van der Waals surface area contributed by atoms with Gasteiger partial charge in [0.15, 0.2) is 5.78 Å². The lowest BCUT2D eigenvalue weighted by Gasteiger charge is -2.24. The molecule has 138 valence electrons. The summed E-state index contributed by atoms with van der Waals surface area (Å²) in [7, 11) is 1.42. The van der Waals surface area contributed by atoms with Crippen molar-refractivity contribution in [1.82, 2.24) is 5.01 Å². The highest BCUT2D eigenvalue weighted by molar-refractivity contribution is 5.94. The third-order valence-corrected chi connectivity index (χ3v) is 4.11. The topological polar surface area (TPSA) is 102 Å². The van der Waals surface area contributed by atoms with Crippen molar-refractivity contribution >= 4 is 17.5 Å². The zero-order valence-corrected chi connectivity index (χ0v) is 15.4. The number of nitrogens with two attached hydrogens (primary N) is 2. The lowest BCUT2D eigenvalue weighted by Crippen LogP contribution is -2.49. The maximum absolute atomic E-state index is 12.1. The van der Waals surface area contributed by atoms with Crippen LogP contribution >= 0.6 is 0 Å². The summed E-state index contributed by atoms with van der Waals surface area (Å²) in [5.74, 6) is 12.1. The zero-order chi connectivity index (χ0) is 19.4. The van der Waals surface area contributed by atoms with E-state index in [1.165, 1.54) is 14.0 Å². The molecule has 26 heavy (non-hydrogen) atoms. The molecule has 2 aromatic rings. The van der Waals surface area contributed by atoms with Crippen LogP contribution in [0.2, 0.25) is 0 Å². The quantitative estimate of drug-likeness (QED) is 0.371. The first-order chi connectivity index (χ1) is 12.2. The van der Waals surface area contributed by atoms with E-state index in [9.17, 15) is 9.59 Å². The van der Waals surface area contributed by atoms with Crippen molar-refractivity contribution in [1.29, 1.82) is 0 Å². The maximum atomic E-state index is 12.1. The fourth-order valence-corrected chi connectivity index (χ4v) is 2.55. The lowest BCUT2D eigenvalue weighted by atomic mass is 10.1. The van der Waals surface area contributed by atoms with Crippen molar-refractivity contribution < 1.29 is 14.3 Å². The van der Waals surface area contributed by atoms with Gasteiger partial charge < -0.3 is 4.74 Å². The number of anilines is 1. The van der Waals surface area contributed by atoms with Gasteiger partial charge in [-0.2, -0.15) is 0 Å². The monoisotopic (exact) mass is 356 g/mol. The molecule has 0 heterocycles. The molecule has 0 radical (unpaired) electrons. The summed E-state index contributed by atoms with van der Waals surface area (Å²) in [5.41, 5.74) is 3.72. The molecular formula is C19H24N4O3. The summed E-state index contributed by atoms with van der Waals surface area (Å²) >= 11 is 0. The number of hydrogen-bond acceptors (Lipinski definition) is 5. The number of nitrogens with zero attached hydrogens (tertiary/aromatic N) is 2. The number of ketones is 1. The highest BCUT2D eigenvalue weighted by Gasteiger charge is 2.19. The highest BCUT2D eigenvalue weighted by atomic mass is 16.5. The second kappa shape index (κ2) is 7.99. The number of rotatable bonds is 5. The smallest absolute Gasteiger partial charge is 0.352 e. The van der Waals surface area contributed by atoms with Crippen LogP contribution in [0.25, 0.3) is 0 Å². The molecule has 0 aliphatic rings. The number of carbonyl (C=O) groups is 2. The van der Waals surface area contributed by atoms with Gasteiger partial charge in [-0.15, -0.1) is 0 Å². The first-order valence-corrected chi connectivity index (χ1v) is 8.12. The van der Waals surface area contributed by atoms with Crippen LogP contribution in [0.3, 0.4) is 0 Å². The summed E-state index contributed by atoms with van der Waals surface area (Å²) < 4.78 is 5.92. The number of hydrazine groups is 2. The van der Waals surface area contributed by atoms with E-state index in [0.29, 0.717) is 17.0 Å². The molecule has 0 aromatic heterocycles. The number of hydrogen-bond donors (Lipinski definition) is 2. The first kappa shape index (κ1) is 19.4. The second-order valence-corrected chi connectivity index (χ2v) is 6.16. The Kier molecular flexibility index (Phi) is 5.97. The Labute approximate surface area is 153 Å². The van der Waals surface area contributed by atoms with E-state index in [1.54, 1.807) is 24.3 Å². The summed E-state index contributed by atoms with van der Waals surface area (Å²) in [6.07, 6.45) is 0. The van der Waals surface area contributed by atoms with E-state index in [-0.39, 0.29) is 12.4 Å². The fraction of sp³-hybridized carbons (Fsp3) is 0.263. The molecule has 2 amide bonds. The van der Waals surface area contributed by atoms with Crippen molar-refractivity contribution in [3.63, 3.8) is 0 Å². The fourth-order valence-electron chi connectivity index (χ4n) is 2.55. The SMILES string of the molecule is CC(=O)c1ccc(OCc2c(C)cccc2N(N)C(=O)N(C)N)c(C)c1. The van der Waals surface area contributed by atoms with Crippen molar-refractivity contribution in [2.75, 3.05) is 12.1 Å². The van der Waals surface area contributed by atoms with Gasteiger partial charge in [-0.3, -0.25) is 9.80 Å². The number of benzene rings is 2. The van der Waals surface area contributed by atoms with E-state index < -0.39 is 6.03 Å². The molecule has 0 unspecified atom stereocenters. The Balaban J connectivity index is 2.27. The van der Waals surface area contributed by atoms with E-state index in [4.69, 9.17) is 16.4 Å². The number of carbonyl (C=O) groups excluding carboxylic acids is 2. The molecular weight excluding hydrogens is 332 g/mol. The summed E-state index contributed by atoms with van der Waals surface area (Å²) in [6.45, 7) is 5.54. The van der Waals surface area contributed by atoms with Crippen LogP contribution in [0.5, 0.6) is 5.75 Å². The minimum atomic E-state index is -0.543. The Hall–Kier alpha value is -2.90. The van der Waals surface area contributed by atoms with E-state index >= 15 is 0 Å². The van der Waals surface area contributed by atoms with Gasteiger partial charge >= 0.3 is 6.03 Å². The maximum Gasteiger partial charge on any atom is 0.352 e. The van der Waals surface area contributed by atoms with E-state index in [1.807, 2.05) is 26.0 Å². The van der Waals surface area contributed by atoms with Crippen LogP contribution in [0.15, 0.2) is 36.4 Å². The van der Waals surface area contributed by atoms with Gasteiger partial charge in [0, 0.05) is 18.2 Å². The second-order valence-electron chi connectivity index (χ2n) is 6.16. The normalized spacial score (nSPS) is 10.4. The zero-order valence-electron chi connectivity index (χ0n) is 15.4. The Bertz CT molecular complexity index is 834. The highest BCUT2D eigenvalue weighted by Crippen LogP contribution is 2.26. The van der Waals surface area contributed by atoms with Crippen LogP contribution in [0.1, 0.15) is 34.0 Å². The van der Waals surface area contributed by atoms with Crippen LogP contribution in [0.4, 0.5) is 10.5 Å². The van der Waals surface area contributed by atoms with Crippen molar-refractivity contribution in [3.8, 4) is 5.75 Å².